The number of benzene rings is 2. The van der Waals surface area contributed by atoms with Crippen LogP contribution < -0.4 is 10.5 Å². The zero-order chi connectivity index (χ0) is 15.6. The summed E-state index contributed by atoms with van der Waals surface area (Å²) < 4.78 is 19.3. The van der Waals surface area contributed by atoms with Crippen LogP contribution in [-0.4, -0.2) is 7.11 Å². The van der Waals surface area contributed by atoms with Crippen molar-refractivity contribution in [3.05, 3.63) is 63.4 Å². The van der Waals surface area contributed by atoms with Gasteiger partial charge in [0, 0.05) is 6.04 Å². The van der Waals surface area contributed by atoms with Crippen molar-refractivity contribution in [3.63, 3.8) is 0 Å². The first-order chi connectivity index (χ1) is 9.93. The molecule has 0 saturated heterocycles. The van der Waals surface area contributed by atoms with Crippen LogP contribution in [0.1, 0.15) is 28.3 Å². The van der Waals surface area contributed by atoms with Gasteiger partial charge in [-0.15, -0.1) is 0 Å². The second-order valence-electron chi connectivity index (χ2n) is 5.20. The predicted molar refractivity (Wildman–Crippen MR) is 84.5 cm³/mol. The molecule has 2 rings (SSSR count). The lowest BCUT2D eigenvalue weighted by atomic mass is 9.94. The zero-order valence-electron chi connectivity index (χ0n) is 12.4. The molecule has 0 heterocycles. The van der Waals surface area contributed by atoms with Crippen LogP contribution in [0.3, 0.4) is 0 Å². The fourth-order valence-electron chi connectivity index (χ4n) is 2.48. The van der Waals surface area contributed by atoms with Gasteiger partial charge in [-0.25, -0.2) is 4.39 Å². The number of hydrogen-bond donors (Lipinski definition) is 1. The summed E-state index contributed by atoms with van der Waals surface area (Å²) in [5.74, 6) is 0.440. The van der Waals surface area contributed by atoms with Crippen molar-refractivity contribution in [3.8, 4) is 5.75 Å². The van der Waals surface area contributed by atoms with Crippen molar-refractivity contribution in [1.82, 2.24) is 0 Å². The van der Waals surface area contributed by atoms with Crippen LogP contribution >= 0.6 is 11.6 Å². The standard InChI is InChI=1S/C17H19ClFNO/c1-10-8-16(21-3)11(2)7-13(10)15(20)9-12-5-4-6-14(18)17(12)19/h4-8,15H,9,20H2,1-3H3. The summed E-state index contributed by atoms with van der Waals surface area (Å²) in [4.78, 5) is 0. The lowest BCUT2D eigenvalue weighted by Gasteiger charge is -2.18. The molecule has 0 spiro atoms. The highest BCUT2D eigenvalue weighted by atomic mass is 35.5. The molecule has 112 valence electrons. The highest BCUT2D eigenvalue weighted by Gasteiger charge is 2.15. The molecule has 2 aromatic carbocycles. The van der Waals surface area contributed by atoms with Crippen LogP contribution in [0.2, 0.25) is 5.02 Å². The van der Waals surface area contributed by atoms with Gasteiger partial charge in [0.05, 0.1) is 12.1 Å². The summed E-state index contributed by atoms with van der Waals surface area (Å²) in [7, 11) is 1.64. The van der Waals surface area contributed by atoms with Crippen LogP contribution in [0, 0.1) is 19.7 Å². The van der Waals surface area contributed by atoms with E-state index in [4.69, 9.17) is 22.1 Å². The molecular formula is C17H19ClFNO. The first-order valence-electron chi connectivity index (χ1n) is 6.77. The summed E-state index contributed by atoms with van der Waals surface area (Å²) in [5, 5.41) is 0.127. The molecule has 0 bridgehead atoms. The van der Waals surface area contributed by atoms with E-state index in [1.54, 1.807) is 19.2 Å². The van der Waals surface area contributed by atoms with Crippen LogP contribution in [0.4, 0.5) is 4.39 Å². The minimum Gasteiger partial charge on any atom is -0.496 e. The Hall–Kier alpha value is -1.58. The molecule has 2 aromatic rings. The molecule has 2 nitrogen and oxygen atoms in total. The number of aryl methyl sites for hydroxylation is 2. The van der Waals surface area contributed by atoms with E-state index < -0.39 is 5.82 Å². The van der Waals surface area contributed by atoms with Gasteiger partial charge in [0.15, 0.2) is 0 Å². The molecule has 0 aliphatic heterocycles. The second-order valence-corrected chi connectivity index (χ2v) is 5.61. The smallest absolute Gasteiger partial charge is 0.145 e. The third-order valence-corrected chi connectivity index (χ3v) is 3.95. The van der Waals surface area contributed by atoms with E-state index in [0.29, 0.717) is 12.0 Å². The quantitative estimate of drug-likeness (QED) is 0.911. The maximum absolute atomic E-state index is 14.0. The molecule has 0 aliphatic carbocycles. The molecule has 1 atom stereocenters. The number of methoxy groups -OCH3 is 1. The Morgan fingerprint density at radius 3 is 2.62 bits per heavy atom. The Balaban J connectivity index is 2.30. The van der Waals surface area contributed by atoms with E-state index in [0.717, 1.165) is 22.4 Å². The highest BCUT2D eigenvalue weighted by Crippen LogP contribution is 2.28. The van der Waals surface area contributed by atoms with Crippen molar-refractivity contribution in [2.24, 2.45) is 5.73 Å². The normalized spacial score (nSPS) is 12.3. The molecule has 0 saturated carbocycles. The fraction of sp³-hybridized carbons (Fsp3) is 0.294. The van der Waals surface area contributed by atoms with Gasteiger partial charge in [-0.3, -0.25) is 0 Å². The molecule has 0 radical (unpaired) electrons. The SMILES string of the molecule is COc1cc(C)c(C(N)Cc2cccc(Cl)c2F)cc1C. The summed E-state index contributed by atoms with van der Waals surface area (Å²) in [6.07, 6.45) is 0.402. The van der Waals surface area contributed by atoms with E-state index in [-0.39, 0.29) is 11.1 Å². The van der Waals surface area contributed by atoms with E-state index >= 15 is 0 Å². The van der Waals surface area contributed by atoms with Gasteiger partial charge in [0.1, 0.15) is 11.6 Å². The van der Waals surface area contributed by atoms with Gasteiger partial charge in [-0.2, -0.15) is 0 Å². The van der Waals surface area contributed by atoms with Gasteiger partial charge < -0.3 is 10.5 Å². The molecule has 0 fully saturated rings. The van der Waals surface area contributed by atoms with Crippen LogP contribution in [0.5, 0.6) is 5.75 Å². The molecule has 21 heavy (non-hydrogen) atoms. The Morgan fingerprint density at radius 1 is 1.24 bits per heavy atom. The molecule has 0 aliphatic rings. The van der Waals surface area contributed by atoms with E-state index in [2.05, 4.69) is 0 Å². The highest BCUT2D eigenvalue weighted by molar-refractivity contribution is 6.30. The minimum absolute atomic E-state index is 0.127. The van der Waals surface area contributed by atoms with Crippen molar-refractivity contribution in [1.29, 1.82) is 0 Å². The second kappa shape index (κ2) is 6.46. The van der Waals surface area contributed by atoms with Gasteiger partial charge in [-0.1, -0.05) is 29.8 Å². The van der Waals surface area contributed by atoms with Gasteiger partial charge in [-0.05, 0) is 54.7 Å². The molecule has 2 N–H and O–H groups in total. The number of halogens is 2. The molecule has 0 amide bonds. The van der Waals surface area contributed by atoms with Crippen molar-refractivity contribution >= 4 is 11.6 Å². The van der Waals surface area contributed by atoms with Gasteiger partial charge in [0.2, 0.25) is 0 Å². The third kappa shape index (κ3) is 3.36. The van der Waals surface area contributed by atoms with Crippen LogP contribution in [0.15, 0.2) is 30.3 Å². The fourth-order valence-corrected chi connectivity index (χ4v) is 2.68. The maximum Gasteiger partial charge on any atom is 0.145 e. The zero-order valence-corrected chi connectivity index (χ0v) is 13.2. The first-order valence-corrected chi connectivity index (χ1v) is 7.15. The van der Waals surface area contributed by atoms with Crippen LogP contribution in [-0.2, 0) is 6.42 Å². The van der Waals surface area contributed by atoms with Crippen molar-refractivity contribution in [2.45, 2.75) is 26.3 Å². The van der Waals surface area contributed by atoms with E-state index in [1.165, 1.54) is 6.07 Å². The summed E-state index contributed by atoms with van der Waals surface area (Å²) in [5.41, 5.74) is 9.83. The number of nitrogens with two attached hydrogens (primary N) is 1. The minimum atomic E-state index is -0.391. The Morgan fingerprint density at radius 2 is 1.95 bits per heavy atom. The van der Waals surface area contributed by atoms with E-state index in [1.807, 2.05) is 26.0 Å². The first kappa shape index (κ1) is 15.8. The van der Waals surface area contributed by atoms with Gasteiger partial charge in [0.25, 0.3) is 0 Å². The summed E-state index contributed by atoms with van der Waals surface area (Å²) in [6.45, 7) is 3.94. The average Bonchev–Trinajstić information content (AvgIpc) is 2.45. The monoisotopic (exact) mass is 307 g/mol. The largest absolute Gasteiger partial charge is 0.496 e. The van der Waals surface area contributed by atoms with Gasteiger partial charge >= 0.3 is 0 Å². The molecule has 4 heteroatoms. The summed E-state index contributed by atoms with van der Waals surface area (Å²) in [6, 6.07) is 8.66. The number of rotatable bonds is 4. The number of ether oxygens (including phenoxy) is 1. The Bertz CT molecular complexity index is 657. The molecule has 0 aromatic heterocycles. The predicted octanol–water partition coefficient (Wildman–Crippen LogP) is 4.35. The Kier molecular flexibility index (Phi) is 4.86. The van der Waals surface area contributed by atoms with E-state index in [9.17, 15) is 4.39 Å². The Labute approximate surface area is 129 Å². The van der Waals surface area contributed by atoms with Crippen LogP contribution in [0.25, 0.3) is 0 Å². The lowest BCUT2D eigenvalue weighted by Crippen LogP contribution is -2.16. The topological polar surface area (TPSA) is 35.2 Å². The third-order valence-electron chi connectivity index (χ3n) is 3.65. The molecular weight excluding hydrogens is 289 g/mol. The summed E-state index contributed by atoms with van der Waals surface area (Å²) >= 11 is 5.81. The maximum atomic E-state index is 14.0. The average molecular weight is 308 g/mol. The van der Waals surface area contributed by atoms with Crippen molar-refractivity contribution in [2.75, 3.05) is 7.11 Å². The lowest BCUT2D eigenvalue weighted by molar-refractivity contribution is 0.411. The van der Waals surface area contributed by atoms with Crippen molar-refractivity contribution < 1.29 is 9.13 Å². The number of hydrogen-bond acceptors (Lipinski definition) is 2. The molecule has 1 unspecified atom stereocenters.